The van der Waals surface area contributed by atoms with E-state index in [1.54, 1.807) is 36.1 Å². The monoisotopic (exact) mass is 533 g/mol. The highest BCUT2D eigenvalue weighted by atomic mass is 32.2. The number of thiophene rings is 1. The topological polar surface area (TPSA) is 113 Å². The summed E-state index contributed by atoms with van der Waals surface area (Å²) >= 11 is 1.28. The molecule has 194 valence electrons. The molecule has 11 heteroatoms. The molecule has 1 saturated heterocycles. The quantitative estimate of drug-likeness (QED) is 0.571. The number of rotatable bonds is 6. The number of amides is 2. The minimum Gasteiger partial charge on any atom is -0.462 e. The predicted octanol–water partition coefficient (Wildman–Crippen LogP) is 3.18. The summed E-state index contributed by atoms with van der Waals surface area (Å²) in [7, 11) is -3.72. The lowest BCUT2D eigenvalue weighted by molar-refractivity contribution is -0.129. The molecule has 3 heterocycles. The van der Waals surface area contributed by atoms with Gasteiger partial charge in [0.2, 0.25) is 21.8 Å². The van der Waals surface area contributed by atoms with Gasteiger partial charge in [0.05, 0.1) is 29.5 Å². The van der Waals surface area contributed by atoms with Crippen molar-refractivity contribution in [1.82, 2.24) is 9.21 Å². The number of sulfonamides is 1. The molecule has 4 rings (SSSR count). The Morgan fingerprint density at radius 3 is 2.56 bits per heavy atom. The van der Waals surface area contributed by atoms with Crippen LogP contribution in [0.5, 0.6) is 0 Å². The fourth-order valence-corrected chi connectivity index (χ4v) is 7.41. The van der Waals surface area contributed by atoms with Gasteiger partial charge in [-0.25, -0.2) is 13.2 Å². The van der Waals surface area contributed by atoms with E-state index in [4.69, 9.17) is 4.74 Å². The van der Waals surface area contributed by atoms with Crippen molar-refractivity contribution in [1.29, 1.82) is 0 Å². The third-order valence-corrected chi connectivity index (χ3v) is 9.64. The summed E-state index contributed by atoms with van der Waals surface area (Å²) in [6.07, 6.45) is 1.60. The van der Waals surface area contributed by atoms with E-state index in [2.05, 4.69) is 5.32 Å². The third kappa shape index (κ3) is 5.33. The summed E-state index contributed by atoms with van der Waals surface area (Å²) in [5.74, 6) is -1.43. The molecule has 0 bridgehead atoms. The second kappa shape index (κ2) is 10.7. The van der Waals surface area contributed by atoms with Gasteiger partial charge in [-0.3, -0.25) is 9.59 Å². The van der Waals surface area contributed by atoms with Crippen LogP contribution in [-0.2, 0) is 37.3 Å². The minimum atomic E-state index is -3.72. The van der Waals surface area contributed by atoms with Crippen LogP contribution in [0.15, 0.2) is 29.2 Å². The summed E-state index contributed by atoms with van der Waals surface area (Å²) in [5.41, 5.74) is 2.11. The van der Waals surface area contributed by atoms with E-state index in [1.807, 2.05) is 6.92 Å². The Kier molecular flexibility index (Phi) is 7.82. The number of carbonyl (C=O) groups is 3. The summed E-state index contributed by atoms with van der Waals surface area (Å²) in [6, 6.07) is 6.68. The molecule has 1 fully saturated rings. The number of esters is 1. The number of benzene rings is 1. The molecule has 2 aliphatic heterocycles. The molecule has 1 aromatic heterocycles. The van der Waals surface area contributed by atoms with Gasteiger partial charge in [-0.1, -0.05) is 17.7 Å². The molecule has 1 N–H and O–H groups in total. The molecule has 0 aliphatic carbocycles. The van der Waals surface area contributed by atoms with Crippen molar-refractivity contribution in [2.75, 3.05) is 31.6 Å². The molecular formula is C25H31N3O6S2. The normalized spacial score (nSPS) is 18.4. The van der Waals surface area contributed by atoms with E-state index < -0.39 is 21.9 Å². The second-order valence-electron chi connectivity index (χ2n) is 9.12. The Bertz CT molecular complexity index is 1270. The molecular weight excluding hydrogens is 502 g/mol. The van der Waals surface area contributed by atoms with Gasteiger partial charge in [-0.2, -0.15) is 4.31 Å². The molecule has 0 radical (unpaired) electrons. The zero-order chi connectivity index (χ0) is 26.0. The van der Waals surface area contributed by atoms with Crippen LogP contribution in [0.2, 0.25) is 0 Å². The maximum atomic E-state index is 13.3. The second-order valence-corrected chi connectivity index (χ2v) is 12.2. The molecule has 36 heavy (non-hydrogen) atoms. The van der Waals surface area contributed by atoms with Crippen molar-refractivity contribution < 1.29 is 27.5 Å². The lowest BCUT2D eigenvalue weighted by atomic mass is 9.98. The zero-order valence-electron chi connectivity index (χ0n) is 20.7. The van der Waals surface area contributed by atoms with Gasteiger partial charge in [0.1, 0.15) is 5.00 Å². The molecule has 2 aromatic rings. The lowest BCUT2D eigenvalue weighted by Crippen LogP contribution is -2.43. The van der Waals surface area contributed by atoms with Crippen molar-refractivity contribution in [3.05, 3.63) is 45.8 Å². The van der Waals surface area contributed by atoms with Gasteiger partial charge in [-0.05, 0) is 50.8 Å². The third-order valence-electron chi connectivity index (χ3n) is 6.63. The number of aryl methyl sites for hydroxylation is 1. The van der Waals surface area contributed by atoms with Crippen LogP contribution in [0.25, 0.3) is 0 Å². The maximum absolute atomic E-state index is 13.3. The van der Waals surface area contributed by atoms with E-state index >= 15 is 0 Å². The largest absolute Gasteiger partial charge is 0.462 e. The average Bonchev–Trinajstić information content (AvgIpc) is 3.21. The van der Waals surface area contributed by atoms with E-state index in [0.29, 0.717) is 49.5 Å². The predicted molar refractivity (Wildman–Crippen MR) is 136 cm³/mol. The van der Waals surface area contributed by atoms with E-state index in [0.717, 1.165) is 16.0 Å². The lowest BCUT2D eigenvalue weighted by Gasteiger charge is -2.31. The number of hydrogen-bond donors (Lipinski definition) is 1. The fourth-order valence-electron chi connectivity index (χ4n) is 4.63. The number of hydrogen-bond acceptors (Lipinski definition) is 7. The van der Waals surface area contributed by atoms with Crippen LogP contribution < -0.4 is 5.32 Å². The van der Waals surface area contributed by atoms with E-state index in [-0.39, 0.29) is 29.9 Å². The number of nitrogens with one attached hydrogen (secondary N) is 1. The van der Waals surface area contributed by atoms with Gasteiger partial charge < -0.3 is 15.0 Å². The smallest absolute Gasteiger partial charge is 0.341 e. The van der Waals surface area contributed by atoms with Gasteiger partial charge in [-0.15, -0.1) is 11.3 Å². The van der Waals surface area contributed by atoms with E-state index in [1.165, 1.54) is 22.6 Å². The van der Waals surface area contributed by atoms with Gasteiger partial charge in [0.25, 0.3) is 0 Å². The number of carbonyl (C=O) groups excluding carboxylic acids is 3. The average molecular weight is 534 g/mol. The number of anilines is 1. The van der Waals surface area contributed by atoms with Crippen LogP contribution in [0, 0.1) is 12.8 Å². The molecule has 1 atom stereocenters. The molecule has 1 aromatic carbocycles. The van der Waals surface area contributed by atoms with Gasteiger partial charge >= 0.3 is 5.97 Å². The molecule has 0 saturated carbocycles. The van der Waals surface area contributed by atoms with Crippen LogP contribution in [0.3, 0.4) is 0 Å². The van der Waals surface area contributed by atoms with Crippen molar-refractivity contribution in [3.63, 3.8) is 0 Å². The highest BCUT2D eigenvalue weighted by Crippen LogP contribution is 2.38. The summed E-state index contributed by atoms with van der Waals surface area (Å²) in [6.45, 7) is 6.61. The Morgan fingerprint density at radius 1 is 1.17 bits per heavy atom. The van der Waals surface area contributed by atoms with Crippen molar-refractivity contribution in [2.45, 2.75) is 51.5 Å². The van der Waals surface area contributed by atoms with Crippen molar-refractivity contribution in [3.8, 4) is 0 Å². The summed E-state index contributed by atoms with van der Waals surface area (Å²) in [4.78, 5) is 40.7. The number of nitrogens with zero attached hydrogens (tertiary/aromatic N) is 2. The summed E-state index contributed by atoms with van der Waals surface area (Å²) in [5, 5.41) is 3.29. The molecule has 2 aliphatic rings. The fraction of sp³-hybridized carbons (Fsp3) is 0.480. The first-order chi connectivity index (χ1) is 17.1. The number of ether oxygens (including phenoxy) is 1. The molecule has 2 amide bonds. The molecule has 1 unspecified atom stereocenters. The minimum absolute atomic E-state index is 0.0468. The molecule has 0 spiro atoms. The van der Waals surface area contributed by atoms with E-state index in [9.17, 15) is 22.8 Å². The van der Waals surface area contributed by atoms with Gasteiger partial charge in [0.15, 0.2) is 0 Å². The number of piperidine rings is 1. The van der Waals surface area contributed by atoms with Crippen LogP contribution in [-0.4, -0.2) is 61.6 Å². The Labute approximate surface area is 215 Å². The first-order valence-electron chi connectivity index (χ1n) is 12.1. The van der Waals surface area contributed by atoms with Crippen LogP contribution in [0.1, 0.15) is 53.1 Å². The Morgan fingerprint density at radius 2 is 1.89 bits per heavy atom. The highest BCUT2D eigenvalue weighted by Gasteiger charge is 2.35. The Balaban J connectivity index is 1.55. The van der Waals surface area contributed by atoms with Crippen LogP contribution in [0.4, 0.5) is 5.00 Å². The van der Waals surface area contributed by atoms with Crippen molar-refractivity contribution >= 4 is 44.1 Å². The standard InChI is InChI=1S/C25H31N3O6S2/c1-4-34-25(31)22-20-11-13-27(17(3)29)15-21(20)35-24(22)26-23(30)18-6-5-12-28(14-18)36(32,33)19-9-7-16(2)8-10-19/h7-10,18H,4-6,11-15H2,1-3H3,(H,26,30). The van der Waals surface area contributed by atoms with Gasteiger partial charge in [0, 0.05) is 31.4 Å². The summed E-state index contributed by atoms with van der Waals surface area (Å²) < 4.78 is 32.9. The first-order valence-corrected chi connectivity index (χ1v) is 14.3. The molecule has 9 nitrogen and oxygen atoms in total. The first kappa shape index (κ1) is 26.3. The van der Waals surface area contributed by atoms with Crippen LogP contribution >= 0.6 is 11.3 Å². The van der Waals surface area contributed by atoms with Crippen molar-refractivity contribution in [2.24, 2.45) is 5.92 Å². The number of fused-ring (bicyclic) bond motifs is 1. The highest BCUT2D eigenvalue weighted by molar-refractivity contribution is 7.89. The Hall–Kier alpha value is -2.76. The zero-order valence-corrected chi connectivity index (χ0v) is 22.3. The maximum Gasteiger partial charge on any atom is 0.341 e. The SMILES string of the molecule is CCOC(=O)c1c(NC(=O)C2CCCN(S(=O)(=O)c3ccc(C)cc3)C2)sc2c1CCN(C(C)=O)C2.